The van der Waals surface area contributed by atoms with Crippen LogP contribution in [0.3, 0.4) is 0 Å². The zero-order valence-electron chi connectivity index (χ0n) is 7.69. The second-order valence-electron chi connectivity index (χ2n) is 3.39. The van der Waals surface area contributed by atoms with E-state index in [1.165, 1.54) is 0 Å². The van der Waals surface area contributed by atoms with Crippen LogP contribution in [-0.2, 0) is 17.4 Å². The van der Waals surface area contributed by atoms with Gasteiger partial charge in [0.05, 0.1) is 18.2 Å². The van der Waals surface area contributed by atoms with E-state index in [9.17, 15) is 4.79 Å². The molecule has 1 heterocycles. The zero-order valence-corrected chi connectivity index (χ0v) is 7.69. The summed E-state index contributed by atoms with van der Waals surface area (Å²) < 4.78 is 1.60. The number of aromatic nitrogens is 2. The number of aryl methyl sites for hydroxylation is 1. The molecule has 0 aliphatic heterocycles. The number of rotatable bonds is 3. The minimum Gasteiger partial charge on any atom is -0.481 e. The van der Waals surface area contributed by atoms with E-state index in [1.54, 1.807) is 31.0 Å². The molecule has 0 fully saturated rings. The molecular formula is C8H13N3O2. The number of carboxylic acid groups (broad SMARTS) is 1. The fourth-order valence-electron chi connectivity index (χ4n) is 1.13. The molecule has 3 N–H and O–H groups in total. The Bertz CT molecular complexity index is 317. The third-order valence-corrected chi connectivity index (χ3v) is 1.88. The quantitative estimate of drug-likeness (QED) is 0.694. The molecule has 1 rings (SSSR count). The van der Waals surface area contributed by atoms with Crippen molar-refractivity contribution in [2.45, 2.75) is 18.9 Å². The number of nitrogens with two attached hydrogens (primary N) is 1. The van der Waals surface area contributed by atoms with Gasteiger partial charge in [-0.1, -0.05) is 0 Å². The van der Waals surface area contributed by atoms with Gasteiger partial charge in [-0.2, -0.15) is 5.10 Å². The van der Waals surface area contributed by atoms with Crippen molar-refractivity contribution < 1.29 is 9.90 Å². The van der Waals surface area contributed by atoms with E-state index in [-0.39, 0.29) is 6.42 Å². The van der Waals surface area contributed by atoms with Gasteiger partial charge in [0.2, 0.25) is 0 Å². The first-order valence-corrected chi connectivity index (χ1v) is 3.91. The molecule has 0 aliphatic carbocycles. The van der Waals surface area contributed by atoms with Gasteiger partial charge in [0.1, 0.15) is 0 Å². The molecule has 1 unspecified atom stereocenters. The summed E-state index contributed by atoms with van der Waals surface area (Å²) in [6.07, 6.45) is 3.21. The molecule has 0 radical (unpaired) electrons. The number of hydrogen-bond acceptors (Lipinski definition) is 3. The number of aliphatic carboxylic acids is 1. The Balaban J connectivity index is 2.86. The van der Waals surface area contributed by atoms with Crippen LogP contribution in [0.4, 0.5) is 0 Å². The Morgan fingerprint density at radius 1 is 1.85 bits per heavy atom. The minimum atomic E-state index is -0.908. The highest BCUT2D eigenvalue weighted by atomic mass is 16.4. The molecule has 5 nitrogen and oxygen atoms in total. The molecule has 0 amide bonds. The van der Waals surface area contributed by atoms with Crippen molar-refractivity contribution in [3.63, 3.8) is 0 Å². The fraction of sp³-hybridized carbons (Fsp3) is 0.500. The molecule has 1 aromatic heterocycles. The Morgan fingerprint density at radius 2 is 2.46 bits per heavy atom. The average molecular weight is 183 g/mol. The summed E-state index contributed by atoms with van der Waals surface area (Å²) in [5.41, 5.74) is 5.70. The van der Waals surface area contributed by atoms with Crippen molar-refractivity contribution in [3.8, 4) is 0 Å². The van der Waals surface area contributed by atoms with Gasteiger partial charge in [-0.25, -0.2) is 0 Å². The van der Waals surface area contributed by atoms with Crippen molar-refractivity contribution in [1.82, 2.24) is 9.78 Å². The average Bonchev–Trinajstić information content (AvgIpc) is 2.32. The summed E-state index contributed by atoms with van der Waals surface area (Å²) >= 11 is 0. The lowest BCUT2D eigenvalue weighted by molar-refractivity contribution is -0.138. The zero-order chi connectivity index (χ0) is 10.1. The van der Waals surface area contributed by atoms with Crippen LogP contribution in [0.25, 0.3) is 0 Å². The van der Waals surface area contributed by atoms with E-state index in [0.717, 1.165) is 5.56 Å². The second kappa shape index (κ2) is 3.18. The highest BCUT2D eigenvalue weighted by molar-refractivity contribution is 5.68. The normalized spacial score (nSPS) is 15.3. The predicted octanol–water partition coefficient (Wildman–Crippen LogP) is 0.0687. The highest BCUT2D eigenvalue weighted by Gasteiger charge is 2.25. The molecule has 0 spiro atoms. The van der Waals surface area contributed by atoms with Gasteiger partial charge in [0.15, 0.2) is 0 Å². The van der Waals surface area contributed by atoms with Crippen LogP contribution < -0.4 is 5.73 Å². The smallest absolute Gasteiger partial charge is 0.305 e. The largest absolute Gasteiger partial charge is 0.481 e. The van der Waals surface area contributed by atoms with E-state index in [4.69, 9.17) is 10.8 Å². The molecular weight excluding hydrogens is 170 g/mol. The lowest BCUT2D eigenvalue weighted by atomic mass is 9.93. The molecule has 0 bridgehead atoms. The first-order valence-electron chi connectivity index (χ1n) is 3.91. The van der Waals surface area contributed by atoms with E-state index >= 15 is 0 Å². The van der Waals surface area contributed by atoms with E-state index in [1.807, 2.05) is 0 Å². The Morgan fingerprint density at radius 3 is 2.85 bits per heavy atom. The van der Waals surface area contributed by atoms with Gasteiger partial charge in [-0.05, 0) is 6.92 Å². The van der Waals surface area contributed by atoms with E-state index < -0.39 is 11.5 Å². The van der Waals surface area contributed by atoms with Gasteiger partial charge < -0.3 is 10.8 Å². The number of carboxylic acids is 1. The summed E-state index contributed by atoms with van der Waals surface area (Å²) in [5.74, 6) is -0.908. The Labute approximate surface area is 76.2 Å². The summed E-state index contributed by atoms with van der Waals surface area (Å²) in [4.78, 5) is 10.5. The summed E-state index contributed by atoms with van der Waals surface area (Å²) in [5, 5.41) is 12.5. The van der Waals surface area contributed by atoms with Crippen molar-refractivity contribution in [2.75, 3.05) is 0 Å². The van der Waals surface area contributed by atoms with Crippen molar-refractivity contribution in [3.05, 3.63) is 18.0 Å². The fourth-order valence-corrected chi connectivity index (χ4v) is 1.13. The van der Waals surface area contributed by atoms with Crippen LogP contribution in [0.2, 0.25) is 0 Å². The SMILES string of the molecule is Cn1cc(C(C)(N)CC(=O)O)cn1. The third-order valence-electron chi connectivity index (χ3n) is 1.88. The first-order chi connectivity index (χ1) is 5.92. The monoisotopic (exact) mass is 183 g/mol. The number of nitrogens with zero attached hydrogens (tertiary/aromatic N) is 2. The maximum Gasteiger partial charge on any atom is 0.305 e. The first kappa shape index (κ1) is 9.73. The maximum absolute atomic E-state index is 10.5. The second-order valence-corrected chi connectivity index (χ2v) is 3.39. The van der Waals surface area contributed by atoms with Crippen molar-refractivity contribution in [1.29, 1.82) is 0 Å². The third kappa shape index (κ3) is 2.29. The topological polar surface area (TPSA) is 81.1 Å². The van der Waals surface area contributed by atoms with Crippen LogP contribution in [0, 0.1) is 0 Å². The summed E-state index contributed by atoms with van der Waals surface area (Å²) in [7, 11) is 1.76. The van der Waals surface area contributed by atoms with Crippen LogP contribution >= 0.6 is 0 Å². The molecule has 5 heteroatoms. The molecule has 0 saturated heterocycles. The molecule has 1 atom stereocenters. The molecule has 0 aromatic carbocycles. The Kier molecular flexibility index (Phi) is 2.38. The molecule has 72 valence electrons. The lowest BCUT2D eigenvalue weighted by Crippen LogP contribution is -2.35. The molecule has 13 heavy (non-hydrogen) atoms. The maximum atomic E-state index is 10.5. The van der Waals surface area contributed by atoms with Crippen molar-refractivity contribution in [2.24, 2.45) is 12.8 Å². The summed E-state index contributed by atoms with van der Waals surface area (Å²) in [6.45, 7) is 1.68. The number of hydrogen-bond donors (Lipinski definition) is 2. The molecule has 0 saturated carbocycles. The number of carbonyl (C=O) groups is 1. The van der Waals surface area contributed by atoms with Crippen LogP contribution in [-0.4, -0.2) is 20.9 Å². The van der Waals surface area contributed by atoms with Gasteiger partial charge in [0, 0.05) is 18.8 Å². The van der Waals surface area contributed by atoms with Crippen molar-refractivity contribution >= 4 is 5.97 Å². The van der Waals surface area contributed by atoms with Gasteiger partial charge >= 0.3 is 5.97 Å². The highest BCUT2D eigenvalue weighted by Crippen LogP contribution is 2.20. The standard InChI is InChI=1S/C8H13N3O2/c1-8(9,3-7(12)13)6-4-10-11(2)5-6/h4-5H,3,9H2,1-2H3,(H,12,13). The lowest BCUT2D eigenvalue weighted by Gasteiger charge is -2.20. The van der Waals surface area contributed by atoms with Gasteiger partial charge in [-0.15, -0.1) is 0 Å². The van der Waals surface area contributed by atoms with Gasteiger partial charge in [-0.3, -0.25) is 9.48 Å². The van der Waals surface area contributed by atoms with E-state index in [0.29, 0.717) is 0 Å². The summed E-state index contributed by atoms with van der Waals surface area (Å²) in [6, 6.07) is 0. The molecule has 1 aromatic rings. The molecule has 0 aliphatic rings. The predicted molar refractivity (Wildman–Crippen MR) is 47.0 cm³/mol. The van der Waals surface area contributed by atoms with Gasteiger partial charge in [0.25, 0.3) is 0 Å². The van der Waals surface area contributed by atoms with Crippen LogP contribution in [0.15, 0.2) is 12.4 Å². The van der Waals surface area contributed by atoms with E-state index in [2.05, 4.69) is 5.10 Å². The van der Waals surface area contributed by atoms with Crippen LogP contribution in [0.5, 0.6) is 0 Å². The Hall–Kier alpha value is -1.36. The minimum absolute atomic E-state index is 0.0985. The van der Waals surface area contributed by atoms with Crippen LogP contribution in [0.1, 0.15) is 18.9 Å².